The van der Waals surface area contributed by atoms with E-state index in [0.717, 1.165) is 25.1 Å². The van der Waals surface area contributed by atoms with Gasteiger partial charge in [0, 0.05) is 6.54 Å². The molecule has 0 amide bonds. The van der Waals surface area contributed by atoms with Crippen molar-refractivity contribution in [1.82, 2.24) is 4.98 Å². The highest BCUT2D eigenvalue weighted by Gasteiger charge is 2.45. The minimum absolute atomic E-state index is 0.116. The molecule has 0 saturated heterocycles. The smallest absolute Gasteiger partial charge is 0.339 e. The molecular formula is C13H17FN2O2. The molecule has 1 heterocycles. The summed E-state index contributed by atoms with van der Waals surface area (Å²) in [5, 5.41) is 12.0. The summed E-state index contributed by atoms with van der Waals surface area (Å²) in [6, 6.07) is 0.993. The van der Waals surface area contributed by atoms with Gasteiger partial charge < -0.3 is 10.4 Å². The molecule has 0 spiro atoms. The number of anilines is 1. The Morgan fingerprint density at radius 2 is 2.28 bits per heavy atom. The van der Waals surface area contributed by atoms with E-state index in [1.165, 1.54) is 0 Å². The fourth-order valence-electron chi connectivity index (χ4n) is 2.12. The van der Waals surface area contributed by atoms with Crippen molar-refractivity contribution in [3.8, 4) is 0 Å². The van der Waals surface area contributed by atoms with Gasteiger partial charge in [-0.15, -0.1) is 0 Å². The first-order valence-electron chi connectivity index (χ1n) is 6.07. The summed E-state index contributed by atoms with van der Waals surface area (Å²) in [5.74, 6) is -1.02. The van der Waals surface area contributed by atoms with Crippen LogP contribution in [-0.4, -0.2) is 22.6 Å². The molecule has 1 fully saturated rings. The number of pyridine rings is 1. The number of nitrogens with zero attached hydrogens (tertiary/aromatic N) is 1. The number of hydrogen-bond donors (Lipinski definition) is 2. The number of hydrogen-bond acceptors (Lipinski definition) is 3. The molecule has 98 valence electrons. The second-order valence-electron chi connectivity index (χ2n) is 5.23. The van der Waals surface area contributed by atoms with Gasteiger partial charge in [-0.2, -0.15) is 0 Å². The lowest BCUT2D eigenvalue weighted by atomic mass is 9.92. The largest absolute Gasteiger partial charge is 0.478 e. The third-order valence-corrected chi connectivity index (χ3v) is 3.81. The second-order valence-corrected chi connectivity index (χ2v) is 5.23. The monoisotopic (exact) mass is 252 g/mol. The van der Waals surface area contributed by atoms with Crippen molar-refractivity contribution in [2.75, 3.05) is 11.9 Å². The Morgan fingerprint density at radius 1 is 1.61 bits per heavy atom. The summed E-state index contributed by atoms with van der Waals surface area (Å²) in [5.41, 5.74) is 0.126. The van der Waals surface area contributed by atoms with Crippen molar-refractivity contribution in [2.45, 2.75) is 26.7 Å². The first-order valence-corrected chi connectivity index (χ1v) is 6.07. The Morgan fingerprint density at radius 3 is 2.78 bits per heavy atom. The minimum Gasteiger partial charge on any atom is -0.478 e. The molecule has 1 aromatic heterocycles. The number of carboxylic acids is 1. The fraction of sp³-hybridized carbons (Fsp3) is 0.538. The summed E-state index contributed by atoms with van der Waals surface area (Å²) in [4.78, 5) is 14.8. The zero-order chi connectivity index (χ0) is 13.3. The molecule has 4 nitrogen and oxygen atoms in total. The molecule has 2 rings (SSSR count). The van der Waals surface area contributed by atoms with E-state index in [0.29, 0.717) is 12.5 Å². The molecule has 2 N–H and O–H groups in total. The Hall–Kier alpha value is -1.65. The van der Waals surface area contributed by atoms with E-state index in [-0.39, 0.29) is 16.8 Å². The number of aromatic carboxylic acids is 1. The average molecular weight is 252 g/mol. The standard InChI is InChI=1S/C13H17FN2O2/c1-8(2)13(3-4-13)7-16-11-10(12(17)18)5-9(14)6-15-11/h5-6,8H,3-4,7H2,1-2H3,(H,15,16)(H,17,18). The molecule has 1 aromatic rings. The van der Waals surface area contributed by atoms with Crippen molar-refractivity contribution >= 4 is 11.8 Å². The lowest BCUT2D eigenvalue weighted by molar-refractivity contribution is 0.0697. The molecule has 1 aliphatic carbocycles. The Balaban J connectivity index is 2.12. The fourth-order valence-corrected chi connectivity index (χ4v) is 2.12. The van der Waals surface area contributed by atoms with Crippen LogP contribution in [0.4, 0.5) is 10.2 Å². The van der Waals surface area contributed by atoms with Crippen LogP contribution in [0.5, 0.6) is 0 Å². The number of rotatable bonds is 5. The maximum atomic E-state index is 13.0. The maximum Gasteiger partial charge on any atom is 0.339 e. The van der Waals surface area contributed by atoms with Gasteiger partial charge >= 0.3 is 5.97 Å². The van der Waals surface area contributed by atoms with E-state index in [1.807, 2.05) is 0 Å². The van der Waals surface area contributed by atoms with Gasteiger partial charge in [-0.1, -0.05) is 13.8 Å². The highest BCUT2D eigenvalue weighted by atomic mass is 19.1. The molecule has 0 atom stereocenters. The van der Waals surface area contributed by atoms with E-state index in [9.17, 15) is 9.18 Å². The maximum absolute atomic E-state index is 13.0. The van der Waals surface area contributed by atoms with Gasteiger partial charge in [0.05, 0.1) is 6.20 Å². The van der Waals surface area contributed by atoms with Crippen LogP contribution in [0.15, 0.2) is 12.3 Å². The lowest BCUT2D eigenvalue weighted by Gasteiger charge is -2.20. The van der Waals surface area contributed by atoms with Gasteiger partial charge in [0.2, 0.25) is 0 Å². The Bertz CT molecular complexity index is 470. The Labute approximate surface area is 105 Å². The van der Waals surface area contributed by atoms with Gasteiger partial charge in [-0.25, -0.2) is 14.2 Å². The van der Waals surface area contributed by atoms with E-state index in [4.69, 9.17) is 5.11 Å². The first-order chi connectivity index (χ1) is 8.44. The van der Waals surface area contributed by atoms with Crippen LogP contribution in [0.25, 0.3) is 0 Å². The van der Waals surface area contributed by atoms with Gasteiger partial charge in [-0.3, -0.25) is 0 Å². The topological polar surface area (TPSA) is 62.2 Å². The normalized spacial score (nSPS) is 16.7. The first kappa shape index (κ1) is 12.8. The van der Waals surface area contributed by atoms with Crippen LogP contribution in [0.1, 0.15) is 37.0 Å². The van der Waals surface area contributed by atoms with E-state index in [2.05, 4.69) is 24.1 Å². The molecule has 5 heteroatoms. The van der Waals surface area contributed by atoms with Crippen molar-refractivity contribution < 1.29 is 14.3 Å². The quantitative estimate of drug-likeness (QED) is 0.845. The van der Waals surface area contributed by atoms with Gasteiger partial charge in [-0.05, 0) is 30.2 Å². The average Bonchev–Trinajstić information content (AvgIpc) is 3.08. The molecule has 0 aromatic carbocycles. The summed E-state index contributed by atoms with van der Waals surface area (Å²) in [6.45, 7) is 5.00. The van der Waals surface area contributed by atoms with Crippen LogP contribution >= 0.6 is 0 Å². The van der Waals surface area contributed by atoms with Crippen molar-refractivity contribution in [3.63, 3.8) is 0 Å². The number of nitrogens with one attached hydrogen (secondary N) is 1. The van der Waals surface area contributed by atoms with E-state index in [1.54, 1.807) is 0 Å². The molecule has 0 aliphatic heterocycles. The van der Waals surface area contributed by atoms with Crippen LogP contribution in [-0.2, 0) is 0 Å². The van der Waals surface area contributed by atoms with Crippen molar-refractivity contribution in [3.05, 3.63) is 23.6 Å². The highest BCUT2D eigenvalue weighted by molar-refractivity contribution is 5.93. The third-order valence-electron chi connectivity index (χ3n) is 3.81. The molecule has 18 heavy (non-hydrogen) atoms. The van der Waals surface area contributed by atoms with Crippen LogP contribution in [0.2, 0.25) is 0 Å². The van der Waals surface area contributed by atoms with Crippen LogP contribution in [0, 0.1) is 17.2 Å². The second kappa shape index (κ2) is 4.55. The van der Waals surface area contributed by atoms with Crippen molar-refractivity contribution in [2.24, 2.45) is 11.3 Å². The predicted molar refractivity (Wildman–Crippen MR) is 66.1 cm³/mol. The SMILES string of the molecule is CC(C)C1(CNc2ncc(F)cc2C(=O)O)CC1. The molecular weight excluding hydrogens is 235 g/mol. The zero-order valence-electron chi connectivity index (χ0n) is 10.5. The lowest BCUT2D eigenvalue weighted by Crippen LogP contribution is -2.22. The molecule has 1 saturated carbocycles. The summed E-state index contributed by atoms with van der Waals surface area (Å²) in [7, 11) is 0. The Kier molecular flexibility index (Phi) is 3.24. The zero-order valence-corrected chi connectivity index (χ0v) is 10.5. The van der Waals surface area contributed by atoms with Crippen LogP contribution in [0.3, 0.4) is 0 Å². The number of halogens is 1. The molecule has 1 aliphatic rings. The molecule has 0 bridgehead atoms. The third kappa shape index (κ3) is 2.44. The molecule has 0 radical (unpaired) electrons. The minimum atomic E-state index is -1.17. The van der Waals surface area contributed by atoms with Gasteiger partial charge in [0.25, 0.3) is 0 Å². The van der Waals surface area contributed by atoms with Gasteiger partial charge in [0.15, 0.2) is 0 Å². The summed E-state index contributed by atoms with van der Waals surface area (Å²) >= 11 is 0. The summed E-state index contributed by atoms with van der Waals surface area (Å²) in [6.07, 6.45) is 3.31. The van der Waals surface area contributed by atoms with Crippen LogP contribution < -0.4 is 5.32 Å². The molecule has 0 unspecified atom stereocenters. The predicted octanol–water partition coefficient (Wildman–Crippen LogP) is 2.77. The van der Waals surface area contributed by atoms with E-state index >= 15 is 0 Å². The van der Waals surface area contributed by atoms with Gasteiger partial charge in [0.1, 0.15) is 17.2 Å². The van der Waals surface area contributed by atoms with Crippen molar-refractivity contribution in [1.29, 1.82) is 0 Å². The van der Waals surface area contributed by atoms with E-state index < -0.39 is 11.8 Å². The summed E-state index contributed by atoms with van der Waals surface area (Å²) < 4.78 is 13.0. The number of carboxylic acid groups (broad SMARTS) is 1. The number of aromatic nitrogens is 1. The highest BCUT2D eigenvalue weighted by Crippen LogP contribution is 2.51. The number of carbonyl (C=O) groups is 1.